The molecular formula is C18H23NO4. The first-order valence-corrected chi connectivity index (χ1v) is 8.29. The number of fused-ring (bicyclic) bond motifs is 1. The fourth-order valence-corrected chi connectivity index (χ4v) is 3.89. The summed E-state index contributed by atoms with van der Waals surface area (Å²) in [6.07, 6.45) is 0.755. The molecule has 0 amide bonds. The standard InChI is InChI=1S/C18H23NO4/c1-2-23-18(22)14-10-13-15(20)8-9-16(21)17(13)19(14)11-12-6-4-3-5-7-12/h3-7,13-14,16-17,21H,2,8-11H2,1H3/t13-,14-,16-,17-/m0/s1. The van der Waals surface area contributed by atoms with Crippen LogP contribution in [0.3, 0.4) is 0 Å². The summed E-state index contributed by atoms with van der Waals surface area (Å²) in [4.78, 5) is 26.6. The molecule has 2 fully saturated rings. The zero-order valence-electron chi connectivity index (χ0n) is 13.4. The monoisotopic (exact) mass is 317 g/mol. The van der Waals surface area contributed by atoms with Gasteiger partial charge in [0.15, 0.2) is 0 Å². The smallest absolute Gasteiger partial charge is 0.323 e. The molecule has 124 valence electrons. The highest BCUT2D eigenvalue weighted by Gasteiger charge is 2.52. The average molecular weight is 317 g/mol. The van der Waals surface area contributed by atoms with Crippen molar-refractivity contribution in [2.24, 2.45) is 5.92 Å². The summed E-state index contributed by atoms with van der Waals surface area (Å²) in [5.41, 5.74) is 1.06. The molecule has 0 spiro atoms. The lowest BCUT2D eigenvalue weighted by atomic mass is 9.81. The molecule has 1 aliphatic carbocycles. The summed E-state index contributed by atoms with van der Waals surface area (Å²) in [5.74, 6) is -0.403. The van der Waals surface area contributed by atoms with Crippen LogP contribution in [-0.2, 0) is 20.9 Å². The van der Waals surface area contributed by atoms with Gasteiger partial charge in [-0.3, -0.25) is 14.5 Å². The van der Waals surface area contributed by atoms with Crippen LogP contribution in [-0.4, -0.2) is 46.6 Å². The Balaban J connectivity index is 1.88. The van der Waals surface area contributed by atoms with E-state index in [0.717, 1.165) is 5.56 Å². The van der Waals surface area contributed by atoms with Crippen LogP contribution in [0, 0.1) is 5.92 Å². The first kappa shape index (κ1) is 16.1. The Morgan fingerprint density at radius 1 is 1.35 bits per heavy atom. The molecule has 1 saturated carbocycles. The molecule has 4 atom stereocenters. The maximum absolute atomic E-state index is 12.3. The predicted octanol–water partition coefficient (Wildman–Crippen LogP) is 1.53. The Hall–Kier alpha value is -1.72. The van der Waals surface area contributed by atoms with Crippen molar-refractivity contribution >= 4 is 11.8 Å². The van der Waals surface area contributed by atoms with E-state index in [1.54, 1.807) is 6.92 Å². The number of hydrogen-bond donors (Lipinski definition) is 1. The summed E-state index contributed by atoms with van der Waals surface area (Å²) in [6.45, 7) is 2.64. The summed E-state index contributed by atoms with van der Waals surface area (Å²) in [7, 11) is 0. The SMILES string of the molecule is CCOC(=O)[C@@H]1C[C@H]2C(=O)CC[C@H](O)[C@H]2N1Cc1ccccc1. The predicted molar refractivity (Wildman–Crippen MR) is 84.5 cm³/mol. The van der Waals surface area contributed by atoms with E-state index in [9.17, 15) is 14.7 Å². The molecule has 0 bridgehead atoms. The van der Waals surface area contributed by atoms with Crippen LogP contribution >= 0.6 is 0 Å². The van der Waals surface area contributed by atoms with Crippen LogP contribution in [0.15, 0.2) is 30.3 Å². The lowest BCUT2D eigenvalue weighted by Crippen LogP contribution is -2.50. The van der Waals surface area contributed by atoms with Crippen LogP contribution in [0.5, 0.6) is 0 Å². The number of likely N-dealkylation sites (tertiary alicyclic amines) is 1. The summed E-state index contributed by atoms with van der Waals surface area (Å²) >= 11 is 0. The Labute approximate surface area is 136 Å². The summed E-state index contributed by atoms with van der Waals surface area (Å²) in [6, 6.07) is 9.08. The fraction of sp³-hybridized carbons (Fsp3) is 0.556. The van der Waals surface area contributed by atoms with Gasteiger partial charge in [0.2, 0.25) is 0 Å². The quantitative estimate of drug-likeness (QED) is 0.853. The highest BCUT2D eigenvalue weighted by Crippen LogP contribution is 2.39. The van der Waals surface area contributed by atoms with E-state index in [1.807, 2.05) is 35.2 Å². The van der Waals surface area contributed by atoms with Gasteiger partial charge in [0.05, 0.1) is 12.7 Å². The molecule has 0 unspecified atom stereocenters. The normalized spacial score (nSPS) is 31.0. The fourth-order valence-electron chi connectivity index (χ4n) is 3.89. The van der Waals surface area contributed by atoms with E-state index in [2.05, 4.69) is 0 Å². The van der Waals surface area contributed by atoms with Crippen LogP contribution in [0.2, 0.25) is 0 Å². The van der Waals surface area contributed by atoms with E-state index < -0.39 is 12.1 Å². The molecule has 1 heterocycles. The lowest BCUT2D eigenvalue weighted by molar-refractivity contribution is -0.150. The van der Waals surface area contributed by atoms with Crippen LogP contribution in [0.4, 0.5) is 0 Å². The molecule has 1 saturated heterocycles. The Morgan fingerprint density at radius 3 is 2.78 bits per heavy atom. The van der Waals surface area contributed by atoms with Crippen molar-refractivity contribution < 1.29 is 19.4 Å². The minimum atomic E-state index is -0.569. The Kier molecular flexibility index (Phi) is 4.78. The number of rotatable bonds is 4. The number of esters is 1. The first-order valence-electron chi connectivity index (χ1n) is 8.29. The molecule has 1 aromatic carbocycles. The minimum Gasteiger partial charge on any atom is -0.465 e. The molecule has 0 radical (unpaired) electrons. The topological polar surface area (TPSA) is 66.8 Å². The van der Waals surface area contributed by atoms with Crippen LogP contribution in [0.1, 0.15) is 31.7 Å². The van der Waals surface area contributed by atoms with Crippen LogP contribution < -0.4 is 0 Å². The van der Waals surface area contributed by atoms with Crippen LogP contribution in [0.25, 0.3) is 0 Å². The summed E-state index contributed by atoms with van der Waals surface area (Å²) < 4.78 is 5.20. The molecule has 3 rings (SSSR count). The zero-order valence-corrected chi connectivity index (χ0v) is 13.4. The highest BCUT2D eigenvalue weighted by atomic mass is 16.5. The average Bonchev–Trinajstić information content (AvgIpc) is 2.93. The number of benzene rings is 1. The van der Waals surface area contributed by atoms with Crippen molar-refractivity contribution in [3.63, 3.8) is 0 Å². The molecule has 1 N–H and O–H groups in total. The van der Waals surface area contributed by atoms with Crippen molar-refractivity contribution in [3.05, 3.63) is 35.9 Å². The van der Waals surface area contributed by atoms with Crippen molar-refractivity contribution in [2.45, 2.75) is 50.9 Å². The van der Waals surface area contributed by atoms with Gasteiger partial charge in [0.25, 0.3) is 0 Å². The number of aliphatic hydroxyl groups is 1. The number of Topliss-reactive ketones (excluding diaryl/α,β-unsaturated/α-hetero) is 1. The van der Waals surface area contributed by atoms with Gasteiger partial charge >= 0.3 is 5.97 Å². The maximum atomic E-state index is 12.3. The second kappa shape index (κ2) is 6.81. The van der Waals surface area contributed by atoms with Gasteiger partial charge in [-0.15, -0.1) is 0 Å². The van der Waals surface area contributed by atoms with Crippen molar-refractivity contribution in [3.8, 4) is 0 Å². The number of ketones is 1. The highest BCUT2D eigenvalue weighted by molar-refractivity contribution is 5.86. The van der Waals surface area contributed by atoms with E-state index in [4.69, 9.17) is 4.74 Å². The van der Waals surface area contributed by atoms with Gasteiger partial charge in [0.1, 0.15) is 11.8 Å². The van der Waals surface area contributed by atoms with Gasteiger partial charge in [-0.05, 0) is 25.3 Å². The van der Waals surface area contributed by atoms with Gasteiger partial charge in [-0.1, -0.05) is 30.3 Å². The number of carbonyl (C=O) groups is 2. The van der Waals surface area contributed by atoms with E-state index in [0.29, 0.717) is 32.4 Å². The van der Waals surface area contributed by atoms with E-state index >= 15 is 0 Å². The van der Waals surface area contributed by atoms with Gasteiger partial charge in [-0.2, -0.15) is 0 Å². The number of aliphatic hydroxyl groups excluding tert-OH is 1. The molecular weight excluding hydrogens is 294 g/mol. The Morgan fingerprint density at radius 2 is 2.09 bits per heavy atom. The van der Waals surface area contributed by atoms with E-state index in [1.165, 1.54) is 0 Å². The van der Waals surface area contributed by atoms with Gasteiger partial charge < -0.3 is 9.84 Å². The van der Waals surface area contributed by atoms with Crippen molar-refractivity contribution in [1.29, 1.82) is 0 Å². The molecule has 5 nitrogen and oxygen atoms in total. The van der Waals surface area contributed by atoms with E-state index in [-0.39, 0.29) is 23.7 Å². The molecule has 1 aliphatic heterocycles. The molecule has 0 aromatic heterocycles. The minimum absolute atomic E-state index is 0.158. The molecule has 2 aliphatic rings. The summed E-state index contributed by atoms with van der Waals surface area (Å²) in [5, 5.41) is 10.4. The van der Waals surface area contributed by atoms with Gasteiger partial charge in [-0.25, -0.2) is 0 Å². The van der Waals surface area contributed by atoms with Gasteiger partial charge in [0, 0.05) is 24.9 Å². The zero-order chi connectivity index (χ0) is 16.4. The Bertz CT molecular complexity index is 574. The second-order valence-corrected chi connectivity index (χ2v) is 6.33. The number of carbonyl (C=O) groups excluding carboxylic acids is 2. The first-order chi connectivity index (χ1) is 11.1. The second-order valence-electron chi connectivity index (χ2n) is 6.33. The number of ether oxygens (including phenoxy) is 1. The molecule has 1 aromatic rings. The lowest BCUT2D eigenvalue weighted by Gasteiger charge is -2.36. The third kappa shape index (κ3) is 3.16. The maximum Gasteiger partial charge on any atom is 0.323 e. The number of nitrogens with zero attached hydrogens (tertiary/aromatic N) is 1. The molecule has 23 heavy (non-hydrogen) atoms. The van der Waals surface area contributed by atoms with Crippen molar-refractivity contribution in [2.75, 3.05) is 6.61 Å². The third-order valence-electron chi connectivity index (χ3n) is 4.93. The van der Waals surface area contributed by atoms with Crippen molar-refractivity contribution in [1.82, 2.24) is 4.90 Å². The largest absolute Gasteiger partial charge is 0.465 e. The molecule has 5 heteroatoms. The third-order valence-corrected chi connectivity index (χ3v) is 4.93. The number of hydrogen-bond acceptors (Lipinski definition) is 5.